The summed E-state index contributed by atoms with van der Waals surface area (Å²) in [5.74, 6) is -2.70. The van der Waals surface area contributed by atoms with Crippen LogP contribution >= 0.6 is 15.9 Å². The topological polar surface area (TPSA) is 17.8 Å². The van der Waals surface area contributed by atoms with Crippen molar-refractivity contribution in [1.82, 2.24) is 9.55 Å². The molecule has 1 aromatic rings. The highest BCUT2D eigenvalue weighted by Gasteiger charge is 2.42. The van der Waals surface area contributed by atoms with Gasteiger partial charge in [0.1, 0.15) is 4.60 Å². The first-order valence-corrected chi connectivity index (χ1v) is 5.07. The third-order valence-electron chi connectivity index (χ3n) is 2.37. The minimum atomic E-state index is -2.70. The Kier molecular flexibility index (Phi) is 2.99. The van der Waals surface area contributed by atoms with Crippen LogP contribution in [0.25, 0.3) is 0 Å². The largest absolute Gasteiger partial charge is 0.336 e. The summed E-state index contributed by atoms with van der Waals surface area (Å²) < 4.78 is 28.6. The number of aromatic nitrogens is 2. The number of nitrogens with zero attached hydrogens (tertiary/aromatic N) is 2. The van der Waals surface area contributed by atoms with E-state index in [1.807, 2.05) is 0 Å². The van der Waals surface area contributed by atoms with Crippen LogP contribution in [0.3, 0.4) is 0 Å². The molecule has 0 aliphatic rings. The van der Waals surface area contributed by atoms with Gasteiger partial charge in [-0.1, -0.05) is 13.8 Å². The molecule has 14 heavy (non-hydrogen) atoms. The van der Waals surface area contributed by atoms with Crippen molar-refractivity contribution in [2.45, 2.75) is 33.2 Å². The number of imidazole rings is 1. The maximum absolute atomic E-state index is 13.1. The molecular weight excluding hydrogens is 254 g/mol. The Balaban J connectivity index is 2.78. The summed E-state index contributed by atoms with van der Waals surface area (Å²) in [7, 11) is 0. The van der Waals surface area contributed by atoms with Crippen molar-refractivity contribution < 1.29 is 8.78 Å². The van der Waals surface area contributed by atoms with Crippen LogP contribution in [0.5, 0.6) is 0 Å². The van der Waals surface area contributed by atoms with E-state index >= 15 is 0 Å². The van der Waals surface area contributed by atoms with E-state index in [0.717, 1.165) is 6.92 Å². The highest BCUT2D eigenvalue weighted by atomic mass is 79.9. The Morgan fingerprint density at radius 1 is 1.43 bits per heavy atom. The number of halogens is 3. The molecule has 1 heterocycles. The summed E-state index contributed by atoms with van der Waals surface area (Å²) in [5, 5.41) is 0. The van der Waals surface area contributed by atoms with Crippen LogP contribution in [0.1, 0.15) is 20.8 Å². The minimum Gasteiger partial charge on any atom is -0.336 e. The first kappa shape index (κ1) is 11.6. The third kappa shape index (κ3) is 2.53. The predicted octanol–water partition coefficient (Wildman–Crippen LogP) is 3.33. The molecule has 0 atom stereocenters. The summed E-state index contributed by atoms with van der Waals surface area (Å²) in [5.41, 5.74) is -1.08. The van der Waals surface area contributed by atoms with Crippen LogP contribution in [0.2, 0.25) is 0 Å². The second-order valence-corrected chi connectivity index (χ2v) is 4.95. The van der Waals surface area contributed by atoms with Gasteiger partial charge in [-0.25, -0.2) is 13.8 Å². The van der Waals surface area contributed by atoms with E-state index in [-0.39, 0.29) is 6.54 Å². The van der Waals surface area contributed by atoms with Crippen molar-refractivity contribution in [3.05, 3.63) is 17.1 Å². The molecule has 0 fully saturated rings. The minimum absolute atomic E-state index is 0.245. The van der Waals surface area contributed by atoms with Gasteiger partial charge >= 0.3 is 0 Å². The highest BCUT2D eigenvalue weighted by Crippen LogP contribution is 2.37. The molecule has 2 nitrogen and oxygen atoms in total. The number of rotatable bonds is 3. The lowest BCUT2D eigenvalue weighted by molar-refractivity contribution is -0.0959. The van der Waals surface area contributed by atoms with Crippen molar-refractivity contribution in [1.29, 1.82) is 0 Å². The Bertz CT molecular complexity index is 315. The fraction of sp³-hybridized carbons (Fsp3) is 0.667. The second kappa shape index (κ2) is 3.61. The van der Waals surface area contributed by atoms with Crippen LogP contribution in [0.4, 0.5) is 8.78 Å². The molecule has 0 aliphatic carbocycles. The van der Waals surface area contributed by atoms with Crippen molar-refractivity contribution in [3.8, 4) is 0 Å². The number of hydrogen-bond acceptors (Lipinski definition) is 1. The lowest BCUT2D eigenvalue weighted by Crippen LogP contribution is -2.37. The molecule has 0 saturated carbocycles. The van der Waals surface area contributed by atoms with Crippen LogP contribution in [-0.2, 0) is 6.54 Å². The van der Waals surface area contributed by atoms with E-state index in [1.165, 1.54) is 6.33 Å². The fourth-order valence-electron chi connectivity index (χ4n) is 1.01. The van der Waals surface area contributed by atoms with E-state index in [2.05, 4.69) is 20.9 Å². The van der Waals surface area contributed by atoms with E-state index in [9.17, 15) is 8.78 Å². The van der Waals surface area contributed by atoms with Crippen molar-refractivity contribution in [2.75, 3.05) is 0 Å². The van der Waals surface area contributed by atoms with Gasteiger partial charge in [-0.05, 0) is 22.9 Å². The van der Waals surface area contributed by atoms with Gasteiger partial charge < -0.3 is 4.57 Å². The molecule has 80 valence electrons. The van der Waals surface area contributed by atoms with Gasteiger partial charge in [0, 0.05) is 18.2 Å². The second-order valence-electron chi connectivity index (χ2n) is 4.14. The molecule has 5 heteroatoms. The quantitative estimate of drug-likeness (QED) is 0.821. The maximum Gasteiger partial charge on any atom is 0.252 e. The summed E-state index contributed by atoms with van der Waals surface area (Å²) in [4.78, 5) is 3.92. The summed E-state index contributed by atoms with van der Waals surface area (Å²) in [6.07, 6.45) is 3.23. The van der Waals surface area contributed by atoms with Crippen molar-refractivity contribution in [3.63, 3.8) is 0 Å². The van der Waals surface area contributed by atoms with Crippen LogP contribution in [0, 0.1) is 5.41 Å². The highest BCUT2D eigenvalue weighted by molar-refractivity contribution is 9.10. The Morgan fingerprint density at radius 3 is 2.36 bits per heavy atom. The zero-order valence-corrected chi connectivity index (χ0v) is 9.98. The summed E-state index contributed by atoms with van der Waals surface area (Å²) >= 11 is 3.17. The fourth-order valence-corrected chi connectivity index (χ4v) is 1.37. The standard InChI is InChI=1S/C9H13BrF2N2/c1-8(2,9(3,11)12)5-14-4-7(10)13-6-14/h4,6H,5H2,1-3H3. The van der Waals surface area contributed by atoms with Gasteiger partial charge in [0.2, 0.25) is 0 Å². The molecule has 0 saturated heterocycles. The predicted molar refractivity (Wildman–Crippen MR) is 54.3 cm³/mol. The summed E-state index contributed by atoms with van der Waals surface area (Å²) in [6.45, 7) is 4.27. The lowest BCUT2D eigenvalue weighted by Gasteiger charge is -2.31. The Morgan fingerprint density at radius 2 is 2.00 bits per heavy atom. The lowest BCUT2D eigenvalue weighted by atomic mass is 9.86. The first-order chi connectivity index (χ1) is 6.22. The van der Waals surface area contributed by atoms with Crippen LogP contribution in [-0.4, -0.2) is 15.5 Å². The van der Waals surface area contributed by atoms with Gasteiger partial charge in [-0.15, -0.1) is 0 Å². The maximum atomic E-state index is 13.1. The van der Waals surface area contributed by atoms with Gasteiger partial charge in [0.25, 0.3) is 5.92 Å². The molecule has 0 unspecified atom stereocenters. The van der Waals surface area contributed by atoms with Crippen molar-refractivity contribution >= 4 is 15.9 Å². The van der Waals surface area contributed by atoms with Gasteiger partial charge in [0.15, 0.2) is 0 Å². The van der Waals surface area contributed by atoms with E-state index in [0.29, 0.717) is 4.60 Å². The normalized spacial score (nSPS) is 13.3. The zero-order valence-electron chi connectivity index (χ0n) is 8.39. The van der Waals surface area contributed by atoms with Crippen LogP contribution < -0.4 is 0 Å². The molecule has 0 aliphatic heterocycles. The molecule has 1 rings (SSSR count). The zero-order chi connectivity index (χ0) is 11.0. The van der Waals surface area contributed by atoms with Crippen molar-refractivity contribution in [2.24, 2.45) is 5.41 Å². The number of hydrogen-bond donors (Lipinski definition) is 0. The van der Waals surface area contributed by atoms with Gasteiger partial charge in [-0.3, -0.25) is 0 Å². The first-order valence-electron chi connectivity index (χ1n) is 4.27. The average Bonchev–Trinajstić information content (AvgIpc) is 2.31. The Labute approximate surface area is 90.5 Å². The molecule has 0 spiro atoms. The van der Waals surface area contributed by atoms with E-state index < -0.39 is 11.3 Å². The van der Waals surface area contributed by atoms with Gasteiger partial charge in [-0.2, -0.15) is 0 Å². The number of alkyl halides is 2. The summed E-state index contributed by atoms with van der Waals surface area (Å²) in [6, 6.07) is 0. The molecule has 0 N–H and O–H groups in total. The molecule has 0 amide bonds. The van der Waals surface area contributed by atoms with Crippen LogP contribution in [0.15, 0.2) is 17.1 Å². The average molecular weight is 267 g/mol. The molecule has 0 aromatic carbocycles. The Hall–Kier alpha value is -0.450. The SMILES string of the molecule is CC(F)(F)C(C)(C)Cn1cnc(Br)c1. The molecule has 1 aromatic heterocycles. The molecular formula is C9H13BrF2N2. The molecule has 0 radical (unpaired) electrons. The smallest absolute Gasteiger partial charge is 0.252 e. The van der Waals surface area contributed by atoms with E-state index in [1.54, 1.807) is 24.6 Å². The monoisotopic (exact) mass is 266 g/mol. The van der Waals surface area contributed by atoms with E-state index in [4.69, 9.17) is 0 Å². The molecule has 0 bridgehead atoms. The third-order valence-corrected chi connectivity index (χ3v) is 2.78. The van der Waals surface area contributed by atoms with Gasteiger partial charge in [0.05, 0.1) is 6.33 Å².